The Balaban J connectivity index is 2.15. The van der Waals surface area contributed by atoms with Crippen molar-refractivity contribution >= 4 is 5.91 Å². The monoisotopic (exact) mass is 379 g/mol. The van der Waals surface area contributed by atoms with Crippen LogP contribution in [0.3, 0.4) is 0 Å². The minimum atomic E-state index is -0.485. The van der Waals surface area contributed by atoms with Gasteiger partial charge in [0.1, 0.15) is 0 Å². The fourth-order valence-corrected chi connectivity index (χ4v) is 3.35. The quantitative estimate of drug-likeness (QED) is 0.677. The Morgan fingerprint density at radius 2 is 1.89 bits per heavy atom. The lowest BCUT2D eigenvalue weighted by atomic mass is 10.0. The number of methoxy groups -OCH3 is 2. The van der Waals surface area contributed by atoms with Crippen molar-refractivity contribution in [2.45, 2.75) is 32.4 Å². The van der Waals surface area contributed by atoms with Crippen molar-refractivity contribution in [2.75, 3.05) is 47.1 Å². The Morgan fingerprint density at radius 1 is 1.22 bits per heavy atom. The summed E-state index contributed by atoms with van der Waals surface area (Å²) in [7, 11) is 3.24. The van der Waals surface area contributed by atoms with Crippen LogP contribution in [0, 0.1) is 5.92 Å². The molecule has 7 nitrogen and oxygen atoms in total. The maximum absolute atomic E-state index is 12.4. The number of hydrogen-bond acceptors (Lipinski definition) is 6. The van der Waals surface area contributed by atoms with E-state index in [1.165, 1.54) is 0 Å². The van der Waals surface area contributed by atoms with Crippen LogP contribution < -0.4 is 20.5 Å². The number of rotatable bonds is 9. The van der Waals surface area contributed by atoms with Crippen molar-refractivity contribution in [1.29, 1.82) is 0 Å². The van der Waals surface area contributed by atoms with Crippen LogP contribution in [0.15, 0.2) is 18.2 Å². The summed E-state index contributed by atoms with van der Waals surface area (Å²) in [6.07, 6.45) is 0.671. The number of hydrogen-bond donors (Lipinski definition) is 2. The molecule has 2 atom stereocenters. The van der Waals surface area contributed by atoms with Crippen LogP contribution in [0.1, 0.15) is 31.9 Å². The summed E-state index contributed by atoms with van der Waals surface area (Å²) >= 11 is 0. The zero-order valence-electron chi connectivity index (χ0n) is 16.9. The van der Waals surface area contributed by atoms with Crippen molar-refractivity contribution < 1.29 is 19.0 Å². The minimum Gasteiger partial charge on any atom is -0.493 e. The van der Waals surface area contributed by atoms with E-state index in [4.69, 9.17) is 19.9 Å². The number of nitrogens with zero attached hydrogens (tertiary/aromatic N) is 1. The number of morpholine rings is 1. The average Bonchev–Trinajstić information content (AvgIpc) is 2.68. The van der Waals surface area contributed by atoms with Gasteiger partial charge in [-0.25, -0.2) is 0 Å². The highest BCUT2D eigenvalue weighted by Crippen LogP contribution is 2.32. The number of nitrogens with one attached hydrogen (secondary N) is 1. The highest BCUT2D eigenvalue weighted by Gasteiger charge is 2.25. The van der Waals surface area contributed by atoms with Crippen LogP contribution in [0.2, 0.25) is 0 Å². The van der Waals surface area contributed by atoms with E-state index < -0.39 is 6.04 Å². The molecule has 2 rings (SSSR count). The van der Waals surface area contributed by atoms with Gasteiger partial charge in [0.2, 0.25) is 5.91 Å². The molecule has 0 aromatic heterocycles. The summed E-state index contributed by atoms with van der Waals surface area (Å²) in [5.74, 6) is 1.63. The SMILES string of the molecule is COc1ccc(C(CNC(=O)[C@@H](N)CC(C)C)N2CCOCC2)cc1OC. The summed E-state index contributed by atoms with van der Waals surface area (Å²) in [6.45, 7) is 7.61. The van der Waals surface area contributed by atoms with E-state index in [0.29, 0.717) is 43.6 Å². The van der Waals surface area contributed by atoms with E-state index in [1.54, 1.807) is 14.2 Å². The summed E-state index contributed by atoms with van der Waals surface area (Å²) in [6, 6.07) is 5.42. The molecule has 1 saturated heterocycles. The van der Waals surface area contributed by atoms with Crippen molar-refractivity contribution in [1.82, 2.24) is 10.2 Å². The predicted octanol–water partition coefficient (Wildman–Crippen LogP) is 1.57. The molecule has 1 aromatic carbocycles. The predicted molar refractivity (Wildman–Crippen MR) is 105 cm³/mol. The Morgan fingerprint density at radius 3 is 2.48 bits per heavy atom. The zero-order chi connectivity index (χ0) is 19.8. The second kappa shape index (κ2) is 10.5. The van der Waals surface area contributed by atoms with Gasteiger partial charge in [-0.2, -0.15) is 0 Å². The Hall–Kier alpha value is -1.83. The molecule has 0 bridgehead atoms. The largest absolute Gasteiger partial charge is 0.493 e. The summed E-state index contributed by atoms with van der Waals surface area (Å²) in [4.78, 5) is 14.7. The summed E-state index contributed by atoms with van der Waals surface area (Å²) < 4.78 is 16.3. The van der Waals surface area contributed by atoms with Crippen molar-refractivity contribution in [2.24, 2.45) is 11.7 Å². The lowest BCUT2D eigenvalue weighted by Crippen LogP contribution is -2.47. The van der Waals surface area contributed by atoms with E-state index in [-0.39, 0.29) is 11.9 Å². The lowest BCUT2D eigenvalue weighted by molar-refractivity contribution is -0.123. The number of amides is 1. The maximum Gasteiger partial charge on any atom is 0.236 e. The third-order valence-electron chi connectivity index (χ3n) is 4.81. The van der Waals surface area contributed by atoms with Gasteiger partial charge in [-0.1, -0.05) is 19.9 Å². The van der Waals surface area contributed by atoms with E-state index >= 15 is 0 Å². The van der Waals surface area contributed by atoms with Crippen LogP contribution in [0.5, 0.6) is 11.5 Å². The first-order valence-electron chi connectivity index (χ1n) is 9.53. The molecule has 1 aliphatic rings. The van der Waals surface area contributed by atoms with Crippen LogP contribution in [0.25, 0.3) is 0 Å². The van der Waals surface area contributed by atoms with Gasteiger partial charge in [0.15, 0.2) is 11.5 Å². The topological polar surface area (TPSA) is 86.0 Å². The number of carbonyl (C=O) groups excluding carboxylic acids is 1. The van der Waals surface area contributed by atoms with E-state index in [0.717, 1.165) is 18.7 Å². The lowest BCUT2D eigenvalue weighted by Gasteiger charge is -2.35. The molecular weight excluding hydrogens is 346 g/mol. The average molecular weight is 380 g/mol. The van der Waals surface area contributed by atoms with Gasteiger partial charge in [0, 0.05) is 19.6 Å². The van der Waals surface area contributed by atoms with E-state index in [2.05, 4.69) is 24.1 Å². The molecule has 1 aromatic rings. The molecule has 0 radical (unpaired) electrons. The zero-order valence-corrected chi connectivity index (χ0v) is 16.9. The van der Waals surface area contributed by atoms with Gasteiger partial charge >= 0.3 is 0 Å². The summed E-state index contributed by atoms with van der Waals surface area (Å²) in [5, 5.41) is 3.03. The van der Waals surface area contributed by atoms with Crippen molar-refractivity contribution in [3.8, 4) is 11.5 Å². The van der Waals surface area contributed by atoms with E-state index in [1.807, 2.05) is 18.2 Å². The van der Waals surface area contributed by atoms with Crippen LogP contribution in [-0.2, 0) is 9.53 Å². The molecule has 1 amide bonds. The van der Waals surface area contributed by atoms with Crippen molar-refractivity contribution in [3.05, 3.63) is 23.8 Å². The maximum atomic E-state index is 12.4. The molecule has 1 unspecified atom stereocenters. The van der Waals surface area contributed by atoms with Gasteiger partial charge in [0.25, 0.3) is 0 Å². The van der Waals surface area contributed by atoms with Crippen molar-refractivity contribution in [3.63, 3.8) is 0 Å². The van der Waals surface area contributed by atoms with Crippen LogP contribution in [-0.4, -0.2) is 63.9 Å². The molecule has 0 spiro atoms. The molecule has 7 heteroatoms. The van der Waals surface area contributed by atoms with Gasteiger partial charge in [-0.15, -0.1) is 0 Å². The molecule has 27 heavy (non-hydrogen) atoms. The smallest absolute Gasteiger partial charge is 0.236 e. The third kappa shape index (κ3) is 6.09. The second-order valence-electron chi connectivity index (χ2n) is 7.26. The normalized spacial score (nSPS) is 17.4. The first-order chi connectivity index (χ1) is 13.0. The Labute approximate surface area is 162 Å². The summed E-state index contributed by atoms with van der Waals surface area (Å²) in [5.41, 5.74) is 7.09. The standard InChI is InChI=1S/C20H33N3O4/c1-14(2)11-16(21)20(24)22-13-17(23-7-9-27-10-8-23)15-5-6-18(25-3)19(12-15)26-4/h5-6,12,14,16-17H,7-11,13,21H2,1-4H3,(H,22,24)/t16-,17?/m0/s1. The fraction of sp³-hybridized carbons (Fsp3) is 0.650. The Kier molecular flexibility index (Phi) is 8.34. The fourth-order valence-electron chi connectivity index (χ4n) is 3.35. The highest BCUT2D eigenvalue weighted by atomic mass is 16.5. The molecule has 0 saturated carbocycles. The molecule has 1 heterocycles. The molecule has 1 fully saturated rings. The second-order valence-corrected chi connectivity index (χ2v) is 7.26. The number of benzene rings is 1. The molecule has 3 N–H and O–H groups in total. The Bertz CT molecular complexity index is 603. The molecule has 0 aliphatic carbocycles. The molecular formula is C20H33N3O4. The van der Waals surface area contributed by atoms with Crippen LogP contribution >= 0.6 is 0 Å². The van der Waals surface area contributed by atoms with E-state index in [9.17, 15) is 4.79 Å². The van der Waals surface area contributed by atoms with Gasteiger partial charge in [0.05, 0.1) is 39.5 Å². The highest BCUT2D eigenvalue weighted by molar-refractivity contribution is 5.81. The number of carbonyl (C=O) groups is 1. The first kappa shape index (κ1) is 21.5. The van der Waals surface area contributed by atoms with Gasteiger partial charge in [-0.05, 0) is 30.0 Å². The van der Waals surface area contributed by atoms with Gasteiger partial charge in [-0.3, -0.25) is 9.69 Å². The van der Waals surface area contributed by atoms with Crippen LogP contribution in [0.4, 0.5) is 0 Å². The molecule has 152 valence electrons. The molecule has 1 aliphatic heterocycles. The third-order valence-corrected chi connectivity index (χ3v) is 4.81. The number of ether oxygens (including phenoxy) is 3. The number of nitrogens with two attached hydrogens (primary N) is 1. The van der Waals surface area contributed by atoms with Gasteiger partial charge < -0.3 is 25.3 Å². The first-order valence-corrected chi connectivity index (χ1v) is 9.53. The minimum absolute atomic E-state index is 0.0175.